The van der Waals surface area contributed by atoms with Crippen LogP contribution >= 0.6 is 0 Å². The summed E-state index contributed by atoms with van der Waals surface area (Å²) in [5.74, 6) is 2.81. The molecule has 0 radical (unpaired) electrons. The Morgan fingerprint density at radius 3 is 1.80 bits per heavy atom. The lowest BCUT2D eigenvalue weighted by Gasteiger charge is -2.21. The van der Waals surface area contributed by atoms with E-state index in [1.165, 1.54) is 44.9 Å². The molecule has 0 N–H and O–H groups in total. The largest absolute Gasteiger partial charge is 0.0654 e. The van der Waals surface area contributed by atoms with Crippen LogP contribution in [-0.2, 0) is 0 Å². The van der Waals surface area contributed by atoms with Gasteiger partial charge >= 0.3 is 0 Å². The topological polar surface area (TPSA) is 0 Å². The van der Waals surface area contributed by atoms with Crippen LogP contribution in [0.25, 0.3) is 0 Å². The van der Waals surface area contributed by atoms with Gasteiger partial charge in [-0.15, -0.1) is 0 Å². The van der Waals surface area contributed by atoms with Gasteiger partial charge in [0.1, 0.15) is 0 Å². The SMILES string of the molecule is CCCC(C)CCCC(CCC)C(C)C. The number of rotatable bonds is 9. The summed E-state index contributed by atoms with van der Waals surface area (Å²) < 4.78 is 0. The van der Waals surface area contributed by atoms with E-state index in [0.29, 0.717) is 0 Å². The van der Waals surface area contributed by atoms with Crippen LogP contribution in [0.4, 0.5) is 0 Å². The quantitative estimate of drug-likeness (QED) is 0.462. The van der Waals surface area contributed by atoms with Crippen molar-refractivity contribution in [1.82, 2.24) is 0 Å². The number of hydrogen-bond acceptors (Lipinski definition) is 0. The maximum atomic E-state index is 2.41. The molecular weight excluding hydrogens is 180 g/mol. The molecule has 0 rings (SSSR count). The molecule has 0 aliphatic rings. The molecule has 0 heteroatoms. The molecule has 0 amide bonds. The van der Waals surface area contributed by atoms with Crippen molar-refractivity contribution >= 4 is 0 Å². The highest BCUT2D eigenvalue weighted by molar-refractivity contribution is 4.64. The van der Waals surface area contributed by atoms with E-state index in [9.17, 15) is 0 Å². The summed E-state index contributed by atoms with van der Waals surface area (Å²) >= 11 is 0. The minimum absolute atomic E-state index is 0.881. The fourth-order valence-electron chi connectivity index (χ4n) is 2.55. The van der Waals surface area contributed by atoms with Gasteiger partial charge in [-0.25, -0.2) is 0 Å². The van der Waals surface area contributed by atoms with Crippen molar-refractivity contribution in [3.05, 3.63) is 0 Å². The minimum atomic E-state index is 0.881. The molecule has 0 spiro atoms. The van der Waals surface area contributed by atoms with Crippen LogP contribution in [0.3, 0.4) is 0 Å². The average molecular weight is 212 g/mol. The molecule has 15 heavy (non-hydrogen) atoms. The molecule has 92 valence electrons. The second-order valence-corrected chi connectivity index (χ2v) is 5.62. The molecule has 2 unspecified atom stereocenters. The second kappa shape index (κ2) is 9.24. The van der Waals surface area contributed by atoms with Crippen molar-refractivity contribution in [2.75, 3.05) is 0 Å². The molecule has 0 aliphatic heterocycles. The van der Waals surface area contributed by atoms with Crippen molar-refractivity contribution in [2.45, 2.75) is 79.6 Å². The predicted octanol–water partition coefficient (Wildman–Crippen LogP) is 5.67. The molecule has 0 saturated carbocycles. The summed E-state index contributed by atoms with van der Waals surface area (Å²) in [6.07, 6.45) is 9.90. The van der Waals surface area contributed by atoms with Gasteiger partial charge in [-0.05, 0) is 17.8 Å². The molecule has 0 aromatic carbocycles. The Labute approximate surface area is 97.8 Å². The van der Waals surface area contributed by atoms with E-state index in [4.69, 9.17) is 0 Å². The van der Waals surface area contributed by atoms with Crippen LogP contribution in [0.2, 0.25) is 0 Å². The smallest absolute Gasteiger partial charge is 0.0391 e. The molecule has 0 aromatic rings. The molecule has 0 aromatic heterocycles. The van der Waals surface area contributed by atoms with E-state index in [1.807, 2.05) is 0 Å². The van der Waals surface area contributed by atoms with Gasteiger partial charge in [0.15, 0.2) is 0 Å². The predicted molar refractivity (Wildman–Crippen MR) is 71.2 cm³/mol. The maximum Gasteiger partial charge on any atom is -0.0391 e. The highest BCUT2D eigenvalue weighted by atomic mass is 14.2. The average Bonchev–Trinajstić information content (AvgIpc) is 2.16. The third-order valence-corrected chi connectivity index (χ3v) is 3.66. The zero-order chi connectivity index (χ0) is 11.7. The van der Waals surface area contributed by atoms with Crippen LogP contribution in [-0.4, -0.2) is 0 Å². The Hall–Kier alpha value is 0. The molecule has 0 saturated heterocycles. The highest BCUT2D eigenvalue weighted by Gasteiger charge is 2.12. The first-order valence-corrected chi connectivity index (χ1v) is 7.11. The maximum absolute atomic E-state index is 2.41. The van der Waals surface area contributed by atoms with Crippen LogP contribution in [0.15, 0.2) is 0 Å². The van der Waals surface area contributed by atoms with E-state index in [2.05, 4.69) is 34.6 Å². The van der Waals surface area contributed by atoms with Gasteiger partial charge < -0.3 is 0 Å². The summed E-state index contributed by atoms with van der Waals surface area (Å²) in [6, 6.07) is 0. The van der Waals surface area contributed by atoms with Crippen molar-refractivity contribution in [3.8, 4) is 0 Å². The molecule has 2 atom stereocenters. The first kappa shape index (κ1) is 15.0. The van der Waals surface area contributed by atoms with Gasteiger partial charge in [0.05, 0.1) is 0 Å². The Morgan fingerprint density at radius 1 is 0.733 bits per heavy atom. The van der Waals surface area contributed by atoms with E-state index in [0.717, 1.165) is 17.8 Å². The van der Waals surface area contributed by atoms with Gasteiger partial charge in [0, 0.05) is 0 Å². The van der Waals surface area contributed by atoms with Gasteiger partial charge in [0.25, 0.3) is 0 Å². The Bertz CT molecular complexity index is 126. The summed E-state index contributed by atoms with van der Waals surface area (Å²) in [6.45, 7) is 11.8. The summed E-state index contributed by atoms with van der Waals surface area (Å²) in [4.78, 5) is 0. The monoisotopic (exact) mass is 212 g/mol. The van der Waals surface area contributed by atoms with Crippen molar-refractivity contribution in [1.29, 1.82) is 0 Å². The minimum Gasteiger partial charge on any atom is -0.0654 e. The van der Waals surface area contributed by atoms with Gasteiger partial charge in [-0.1, -0.05) is 79.6 Å². The van der Waals surface area contributed by atoms with Gasteiger partial charge in [-0.3, -0.25) is 0 Å². The van der Waals surface area contributed by atoms with Crippen molar-refractivity contribution in [3.63, 3.8) is 0 Å². The lowest BCUT2D eigenvalue weighted by Crippen LogP contribution is -2.09. The molecule has 0 aliphatic carbocycles. The lowest BCUT2D eigenvalue weighted by molar-refractivity contribution is 0.311. The van der Waals surface area contributed by atoms with Crippen LogP contribution in [0, 0.1) is 17.8 Å². The third-order valence-electron chi connectivity index (χ3n) is 3.66. The fourth-order valence-corrected chi connectivity index (χ4v) is 2.55. The van der Waals surface area contributed by atoms with E-state index >= 15 is 0 Å². The lowest BCUT2D eigenvalue weighted by atomic mass is 9.85. The van der Waals surface area contributed by atoms with Gasteiger partial charge in [-0.2, -0.15) is 0 Å². The van der Waals surface area contributed by atoms with E-state index in [-0.39, 0.29) is 0 Å². The van der Waals surface area contributed by atoms with E-state index in [1.54, 1.807) is 0 Å². The molecule has 0 heterocycles. The van der Waals surface area contributed by atoms with Crippen LogP contribution in [0.5, 0.6) is 0 Å². The molecule has 0 fully saturated rings. The van der Waals surface area contributed by atoms with Gasteiger partial charge in [0.2, 0.25) is 0 Å². The Balaban J connectivity index is 3.61. The first-order valence-electron chi connectivity index (χ1n) is 7.11. The first-order chi connectivity index (χ1) is 7.11. The highest BCUT2D eigenvalue weighted by Crippen LogP contribution is 2.25. The summed E-state index contributed by atoms with van der Waals surface area (Å²) in [5, 5.41) is 0. The molecule has 0 nitrogen and oxygen atoms in total. The van der Waals surface area contributed by atoms with Crippen molar-refractivity contribution < 1.29 is 0 Å². The van der Waals surface area contributed by atoms with Crippen LogP contribution in [0.1, 0.15) is 79.6 Å². The zero-order valence-electron chi connectivity index (χ0n) is 11.7. The summed E-state index contributed by atoms with van der Waals surface area (Å²) in [7, 11) is 0. The zero-order valence-corrected chi connectivity index (χ0v) is 11.7. The number of hydrogen-bond donors (Lipinski definition) is 0. The fraction of sp³-hybridized carbons (Fsp3) is 1.00. The second-order valence-electron chi connectivity index (χ2n) is 5.62. The Kier molecular flexibility index (Phi) is 9.24. The van der Waals surface area contributed by atoms with Crippen LogP contribution < -0.4 is 0 Å². The normalized spacial score (nSPS) is 15.6. The third kappa shape index (κ3) is 7.88. The molecular formula is C15H32. The van der Waals surface area contributed by atoms with Crippen molar-refractivity contribution in [2.24, 2.45) is 17.8 Å². The van der Waals surface area contributed by atoms with E-state index < -0.39 is 0 Å². The molecule has 0 bridgehead atoms. The standard InChI is InChI=1S/C15H32/c1-6-9-14(5)11-8-12-15(10-7-2)13(3)4/h13-15H,6-12H2,1-5H3. The summed E-state index contributed by atoms with van der Waals surface area (Å²) in [5.41, 5.74) is 0. The Morgan fingerprint density at radius 2 is 1.33 bits per heavy atom.